The quantitative estimate of drug-likeness (QED) is 0.703. The number of carbonyl (C=O) groups excluding carboxylic acids is 1. The molecule has 2 aromatic heterocycles. The first kappa shape index (κ1) is 18.6. The van der Waals surface area contributed by atoms with Crippen molar-refractivity contribution >= 4 is 22.9 Å². The molecule has 3 aromatic rings. The molecule has 6 rings (SSSR count). The molecule has 0 radical (unpaired) electrons. The molecule has 2 saturated heterocycles. The van der Waals surface area contributed by atoms with Crippen LogP contribution >= 0.6 is 0 Å². The van der Waals surface area contributed by atoms with Gasteiger partial charge in [-0.25, -0.2) is 9.50 Å². The molecular weight excluding hydrogens is 394 g/mol. The third kappa shape index (κ3) is 3.13. The number of hydrogen-bond acceptors (Lipinski definition) is 6. The van der Waals surface area contributed by atoms with E-state index in [2.05, 4.69) is 46.3 Å². The number of anilines is 2. The first-order chi connectivity index (χ1) is 15.0. The molecule has 8 heteroatoms. The first-order valence-corrected chi connectivity index (χ1v) is 10.8. The van der Waals surface area contributed by atoms with E-state index in [0.717, 1.165) is 55.4 Å². The van der Waals surface area contributed by atoms with Crippen LogP contribution in [0.1, 0.15) is 29.8 Å². The van der Waals surface area contributed by atoms with E-state index in [4.69, 9.17) is 9.47 Å². The van der Waals surface area contributed by atoms with Gasteiger partial charge in [0.15, 0.2) is 5.65 Å². The number of ether oxygens (including phenoxy) is 2. The van der Waals surface area contributed by atoms with Crippen molar-refractivity contribution in [2.24, 2.45) is 11.8 Å². The predicted octanol–water partition coefficient (Wildman–Crippen LogP) is 2.78. The van der Waals surface area contributed by atoms with E-state index in [9.17, 15) is 4.79 Å². The van der Waals surface area contributed by atoms with Crippen LogP contribution in [0.15, 0.2) is 36.8 Å². The van der Waals surface area contributed by atoms with E-state index in [-0.39, 0.29) is 11.5 Å². The van der Waals surface area contributed by atoms with Gasteiger partial charge in [0.2, 0.25) is 0 Å². The summed E-state index contributed by atoms with van der Waals surface area (Å²) in [6.07, 6.45) is 5.82. The molecule has 8 nitrogen and oxygen atoms in total. The summed E-state index contributed by atoms with van der Waals surface area (Å²) in [4.78, 5) is 19.9. The maximum atomic E-state index is 13.2. The van der Waals surface area contributed by atoms with E-state index >= 15 is 0 Å². The van der Waals surface area contributed by atoms with Gasteiger partial charge in [-0.15, -0.1) is 0 Å². The molecule has 0 bridgehead atoms. The van der Waals surface area contributed by atoms with Crippen LogP contribution in [0.3, 0.4) is 0 Å². The zero-order valence-corrected chi connectivity index (χ0v) is 17.7. The van der Waals surface area contributed by atoms with Crippen LogP contribution in [0.5, 0.6) is 5.75 Å². The van der Waals surface area contributed by atoms with Gasteiger partial charge in [-0.1, -0.05) is 0 Å². The zero-order valence-electron chi connectivity index (χ0n) is 17.7. The van der Waals surface area contributed by atoms with Crippen LogP contribution in [0, 0.1) is 11.8 Å². The molecule has 1 aromatic carbocycles. The van der Waals surface area contributed by atoms with Crippen molar-refractivity contribution in [1.29, 1.82) is 0 Å². The molecule has 3 aliphatic rings. The van der Waals surface area contributed by atoms with Gasteiger partial charge >= 0.3 is 0 Å². The number of benzene rings is 1. The fourth-order valence-corrected chi connectivity index (χ4v) is 5.06. The Kier molecular flexibility index (Phi) is 4.02. The highest BCUT2D eigenvalue weighted by Crippen LogP contribution is 2.44. The Balaban J connectivity index is 1.37. The van der Waals surface area contributed by atoms with Gasteiger partial charge in [0.05, 0.1) is 30.8 Å². The van der Waals surface area contributed by atoms with Crippen LogP contribution in [0.4, 0.5) is 11.4 Å². The lowest BCUT2D eigenvalue weighted by Gasteiger charge is -2.24. The van der Waals surface area contributed by atoms with Gasteiger partial charge in [-0.3, -0.25) is 4.79 Å². The lowest BCUT2D eigenvalue weighted by Crippen LogP contribution is -2.25. The fourth-order valence-electron chi connectivity index (χ4n) is 5.06. The highest BCUT2D eigenvalue weighted by Gasteiger charge is 2.39. The topological polar surface area (TPSA) is 81.0 Å². The molecule has 2 atom stereocenters. The number of hydrogen-bond donors (Lipinski definition) is 1. The third-order valence-electron chi connectivity index (χ3n) is 6.53. The molecule has 3 aliphatic heterocycles. The summed E-state index contributed by atoms with van der Waals surface area (Å²) in [5, 5.41) is 7.39. The molecule has 2 fully saturated rings. The van der Waals surface area contributed by atoms with Gasteiger partial charge in [0, 0.05) is 55.4 Å². The fraction of sp³-hybridized carbons (Fsp3) is 0.435. The number of rotatable bonds is 3. The molecule has 0 aliphatic carbocycles. The maximum Gasteiger partial charge on any atom is 0.261 e. The Morgan fingerprint density at radius 1 is 1.23 bits per heavy atom. The normalized spacial score (nSPS) is 23.6. The number of nitrogens with zero attached hydrogens (tertiary/aromatic N) is 4. The Hall–Kier alpha value is -3.13. The molecule has 1 amide bonds. The van der Waals surface area contributed by atoms with Gasteiger partial charge in [0.25, 0.3) is 5.91 Å². The Morgan fingerprint density at radius 3 is 2.84 bits per heavy atom. The Bertz CT molecular complexity index is 1180. The summed E-state index contributed by atoms with van der Waals surface area (Å²) in [6, 6.07) is 5.95. The molecule has 160 valence electrons. The summed E-state index contributed by atoms with van der Waals surface area (Å²) < 4.78 is 13.4. The van der Waals surface area contributed by atoms with Crippen molar-refractivity contribution in [3.05, 3.63) is 47.9 Å². The van der Waals surface area contributed by atoms with Gasteiger partial charge in [-0.05, 0) is 26.0 Å². The monoisotopic (exact) mass is 419 g/mol. The van der Waals surface area contributed by atoms with E-state index in [1.807, 2.05) is 0 Å². The molecule has 1 N–H and O–H groups in total. The summed E-state index contributed by atoms with van der Waals surface area (Å²) in [7, 11) is 0. The lowest BCUT2D eigenvalue weighted by atomic mass is 10.0. The second-order valence-electron chi connectivity index (χ2n) is 9.38. The lowest BCUT2D eigenvalue weighted by molar-refractivity contribution is 0.102. The summed E-state index contributed by atoms with van der Waals surface area (Å²) in [5.74, 6) is 1.77. The number of nitrogens with one attached hydrogen (secondary N) is 1. The molecule has 0 saturated carbocycles. The summed E-state index contributed by atoms with van der Waals surface area (Å²) >= 11 is 0. The summed E-state index contributed by atoms with van der Waals surface area (Å²) in [6.45, 7) is 7.65. The van der Waals surface area contributed by atoms with Crippen molar-refractivity contribution in [3.8, 4) is 5.75 Å². The third-order valence-corrected chi connectivity index (χ3v) is 6.53. The number of carbonyl (C=O) groups is 1. The number of aromatic nitrogens is 3. The molecule has 31 heavy (non-hydrogen) atoms. The summed E-state index contributed by atoms with van der Waals surface area (Å²) in [5.41, 5.74) is 3.68. The van der Waals surface area contributed by atoms with Crippen molar-refractivity contribution < 1.29 is 14.3 Å². The second kappa shape index (κ2) is 6.68. The minimum Gasteiger partial charge on any atom is -0.487 e. The smallest absolute Gasteiger partial charge is 0.261 e. The van der Waals surface area contributed by atoms with Gasteiger partial charge in [-0.2, -0.15) is 5.10 Å². The van der Waals surface area contributed by atoms with Crippen LogP contribution < -0.4 is 15.0 Å². The van der Waals surface area contributed by atoms with E-state index in [1.165, 1.54) is 0 Å². The maximum absolute atomic E-state index is 13.2. The van der Waals surface area contributed by atoms with Gasteiger partial charge in [0.1, 0.15) is 16.9 Å². The molecule has 2 unspecified atom stereocenters. The number of amides is 1. The SMILES string of the molecule is CC1(C)Cc2cc(NC(=O)c3cnn4cccnc34)c(N3CC4COCC4C3)cc2O1. The highest BCUT2D eigenvalue weighted by molar-refractivity contribution is 6.09. The van der Waals surface area contributed by atoms with Crippen molar-refractivity contribution in [2.75, 3.05) is 36.5 Å². The molecule has 5 heterocycles. The van der Waals surface area contributed by atoms with Crippen molar-refractivity contribution in [2.45, 2.75) is 25.9 Å². The number of fused-ring (bicyclic) bond motifs is 3. The average Bonchev–Trinajstić information content (AvgIpc) is 3.47. The first-order valence-electron chi connectivity index (χ1n) is 10.8. The molecular formula is C23H25N5O3. The second-order valence-corrected chi connectivity index (χ2v) is 9.38. The van der Waals surface area contributed by atoms with E-state index < -0.39 is 0 Å². The molecule has 0 spiro atoms. The van der Waals surface area contributed by atoms with E-state index in [0.29, 0.717) is 23.0 Å². The van der Waals surface area contributed by atoms with Crippen LogP contribution in [-0.2, 0) is 11.2 Å². The van der Waals surface area contributed by atoms with Crippen molar-refractivity contribution in [1.82, 2.24) is 14.6 Å². The predicted molar refractivity (Wildman–Crippen MR) is 116 cm³/mol. The van der Waals surface area contributed by atoms with Crippen LogP contribution in [0.2, 0.25) is 0 Å². The van der Waals surface area contributed by atoms with E-state index in [1.54, 1.807) is 29.2 Å². The Labute approximate surface area is 180 Å². The standard InChI is InChI=1S/C23H25N5O3/c1-23(2)8-14-6-18(26-22(29)17-9-25-28-5-3-4-24-21(17)28)19(7-20(14)31-23)27-10-15-12-30-13-16(15)11-27/h3-7,9,15-16H,8,10-13H2,1-2H3,(H,26,29). The largest absolute Gasteiger partial charge is 0.487 e. The minimum atomic E-state index is -0.246. The Morgan fingerprint density at radius 2 is 2.03 bits per heavy atom. The van der Waals surface area contributed by atoms with Gasteiger partial charge < -0.3 is 19.7 Å². The zero-order chi connectivity index (χ0) is 21.2. The average molecular weight is 419 g/mol. The van der Waals surface area contributed by atoms with Crippen LogP contribution in [-0.4, -0.2) is 52.4 Å². The highest BCUT2D eigenvalue weighted by atomic mass is 16.5. The van der Waals surface area contributed by atoms with Crippen molar-refractivity contribution in [3.63, 3.8) is 0 Å². The minimum absolute atomic E-state index is 0.212. The van der Waals surface area contributed by atoms with Crippen LogP contribution in [0.25, 0.3) is 5.65 Å².